The van der Waals surface area contributed by atoms with Gasteiger partial charge in [-0.3, -0.25) is 0 Å². The van der Waals surface area contributed by atoms with Crippen molar-refractivity contribution in [3.8, 4) is 5.75 Å². The summed E-state index contributed by atoms with van der Waals surface area (Å²) in [4.78, 5) is 4.89. The Morgan fingerprint density at radius 3 is 2.29 bits per heavy atom. The third-order valence-electron chi connectivity index (χ3n) is 3.07. The molecular weight excluding hydrogens is 266 g/mol. The van der Waals surface area contributed by atoms with Crippen LogP contribution in [-0.4, -0.2) is 24.5 Å². The Labute approximate surface area is 124 Å². The summed E-state index contributed by atoms with van der Waals surface area (Å²) in [5.74, 6) is 0.725. The number of hydrogen-bond acceptors (Lipinski definition) is 4. The van der Waals surface area contributed by atoms with E-state index in [9.17, 15) is 0 Å². The molecule has 0 unspecified atom stereocenters. The largest absolute Gasteiger partial charge is 0.487 e. The zero-order chi connectivity index (χ0) is 15.1. The molecule has 0 amide bonds. The molecule has 1 N–H and O–H groups in total. The molecule has 2 rings (SSSR count). The molecule has 0 aliphatic rings. The molecule has 0 saturated heterocycles. The van der Waals surface area contributed by atoms with E-state index < -0.39 is 0 Å². The molecule has 0 heterocycles. The molecule has 0 radical (unpaired) electrons. The van der Waals surface area contributed by atoms with Gasteiger partial charge in [0.2, 0.25) is 0 Å². The number of nitrogens with zero attached hydrogens (tertiary/aromatic N) is 1. The SMILES string of the molecule is CON=C(COc1ccc(CO)cc1)c1ccc(C)cc1. The monoisotopic (exact) mass is 285 g/mol. The molecule has 0 aliphatic carbocycles. The highest BCUT2D eigenvalue weighted by Gasteiger charge is 2.06. The zero-order valence-electron chi connectivity index (χ0n) is 12.2. The maximum Gasteiger partial charge on any atom is 0.134 e. The van der Waals surface area contributed by atoms with E-state index in [0.717, 1.165) is 22.6 Å². The quantitative estimate of drug-likeness (QED) is 0.656. The minimum Gasteiger partial charge on any atom is -0.487 e. The second-order valence-corrected chi connectivity index (χ2v) is 4.68. The molecule has 4 nitrogen and oxygen atoms in total. The number of benzene rings is 2. The van der Waals surface area contributed by atoms with Crippen molar-refractivity contribution >= 4 is 5.71 Å². The van der Waals surface area contributed by atoms with Crippen LogP contribution >= 0.6 is 0 Å². The Kier molecular flexibility index (Phi) is 5.35. The average Bonchev–Trinajstić information content (AvgIpc) is 2.53. The summed E-state index contributed by atoms with van der Waals surface area (Å²) in [7, 11) is 1.52. The van der Waals surface area contributed by atoms with E-state index in [1.807, 2.05) is 55.5 Å². The summed E-state index contributed by atoms with van der Waals surface area (Å²) in [6.07, 6.45) is 0. The second-order valence-electron chi connectivity index (χ2n) is 4.68. The highest BCUT2D eigenvalue weighted by molar-refractivity contribution is 6.01. The molecule has 2 aromatic rings. The Morgan fingerprint density at radius 2 is 1.71 bits per heavy atom. The van der Waals surface area contributed by atoms with E-state index in [1.54, 1.807) is 0 Å². The summed E-state index contributed by atoms with van der Waals surface area (Å²) in [6.45, 7) is 2.38. The van der Waals surface area contributed by atoms with Crippen LogP contribution in [0.15, 0.2) is 53.7 Å². The third-order valence-corrected chi connectivity index (χ3v) is 3.07. The lowest BCUT2D eigenvalue weighted by molar-refractivity contribution is 0.210. The molecule has 0 spiro atoms. The van der Waals surface area contributed by atoms with Crippen LogP contribution in [0.2, 0.25) is 0 Å². The van der Waals surface area contributed by atoms with Gasteiger partial charge in [0.1, 0.15) is 25.2 Å². The van der Waals surface area contributed by atoms with Gasteiger partial charge >= 0.3 is 0 Å². The molecule has 21 heavy (non-hydrogen) atoms. The molecular formula is C17H19NO3. The van der Waals surface area contributed by atoms with Gasteiger partial charge in [0.05, 0.1) is 6.61 Å². The highest BCUT2D eigenvalue weighted by atomic mass is 16.6. The summed E-state index contributed by atoms with van der Waals surface area (Å²) >= 11 is 0. The minimum atomic E-state index is 0.0278. The highest BCUT2D eigenvalue weighted by Crippen LogP contribution is 2.13. The average molecular weight is 285 g/mol. The van der Waals surface area contributed by atoms with Crippen LogP contribution in [-0.2, 0) is 11.4 Å². The Morgan fingerprint density at radius 1 is 1.05 bits per heavy atom. The molecule has 4 heteroatoms. The van der Waals surface area contributed by atoms with Crippen molar-refractivity contribution < 1.29 is 14.7 Å². The number of ether oxygens (including phenoxy) is 1. The number of rotatable bonds is 6. The predicted molar refractivity (Wildman–Crippen MR) is 82.6 cm³/mol. The third kappa shape index (κ3) is 4.33. The fourth-order valence-corrected chi connectivity index (χ4v) is 1.86. The van der Waals surface area contributed by atoms with Gasteiger partial charge in [-0.2, -0.15) is 0 Å². The van der Waals surface area contributed by atoms with Gasteiger partial charge in [0, 0.05) is 5.56 Å². The summed E-state index contributed by atoms with van der Waals surface area (Å²) in [5.41, 5.74) is 3.74. The van der Waals surface area contributed by atoms with Gasteiger partial charge in [-0.1, -0.05) is 47.1 Å². The van der Waals surface area contributed by atoms with Crippen molar-refractivity contribution in [3.05, 3.63) is 65.2 Å². The lowest BCUT2D eigenvalue weighted by Crippen LogP contribution is -2.13. The number of oxime groups is 1. The molecule has 0 atom stereocenters. The molecule has 0 fully saturated rings. The van der Waals surface area contributed by atoms with Crippen molar-refractivity contribution in [2.75, 3.05) is 13.7 Å². The maximum atomic E-state index is 9.01. The zero-order valence-corrected chi connectivity index (χ0v) is 12.2. The summed E-state index contributed by atoms with van der Waals surface area (Å²) in [6, 6.07) is 15.3. The molecule has 0 saturated carbocycles. The van der Waals surface area contributed by atoms with Crippen molar-refractivity contribution in [2.45, 2.75) is 13.5 Å². The summed E-state index contributed by atoms with van der Waals surface area (Å²) in [5, 5.41) is 13.0. The van der Waals surface area contributed by atoms with E-state index in [0.29, 0.717) is 6.61 Å². The summed E-state index contributed by atoms with van der Waals surface area (Å²) < 4.78 is 5.71. The van der Waals surface area contributed by atoms with E-state index in [-0.39, 0.29) is 6.61 Å². The fraction of sp³-hybridized carbons (Fsp3) is 0.235. The van der Waals surface area contributed by atoms with Crippen molar-refractivity contribution in [1.82, 2.24) is 0 Å². The molecule has 0 bridgehead atoms. The smallest absolute Gasteiger partial charge is 0.134 e. The van der Waals surface area contributed by atoms with Gasteiger partial charge in [-0.15, -0.1) is 0 Å². The standard InChI is InChI=1S/C17H19NO3/c1-13-3-7-15(8-4-13)17(18-20-2)12-21-16-9-5-14(11-19)6-10-16/h3-10,19H,11-12H2,1-2H3. The molecule has 0 aliphatic heterocycles. The number of aryl methyl sites for hydroxylation is 1. The van der Waals surface area contributed by atoms with Gasteiger partial charge in [-0.05, 0) is 24.6 Å². The van der Waals surface area contributed by atoms with Crippen molar-refractivity contribution in [1.29, 1.82) is 0 Å². The predicted octanol–water partition coefficient (Wildman–Crippen LogP) is 2.92. The lowest BCUT2D eigenvalue weighted by atomic mass is 10.1. The normalized spacial score (nSPS) is 11.3. The van der Waals surface area contributed by atoms with Gasteiger partial charge in [-0.25, -0.2) is 0 Å². The van der Waals surface area contributed by atoms with E-state index in [1.165, 1.54) is 12.7 Å². The first-order valence-corrected chi connectivity index (χ1v) is 6.72. The second kappa shape index (κ2) is 7.45. The van der Waals surface area contributed by atoms with Crippen LogP contribution in [0.4, 0.5) is 0 Å². The van der Waals surface area contributed by atoms with Crippen LogP contribution in [0.1, 0.15) is 16.7 Å². The van der Waals surface area contributed by atoms with E-state index in [2.05, 4.69) is 5.16 Å². The van der Waals surface area contributed by atoms with Crippen molar-refractivity contribution in [2.24, 2.45) is 5.16 Å². The van der Waals surface area contributed by atoms with Gasteiger partial charge in [0.15, 0.2) is 0 Å². The minimum absolute atomic E-state index is 0.0278. The number of aliphatic hydroxyl groups is 1. The number of aliphatic hydroxyl groups excluding tert-OH is 1. The Balaban J connectivity index is 2.06. The van der Waals surface area contributed by atoms with Crippen LogP contribution in [0, 0.1) is 6.92 Å². The fourth-order valence-electron chi connectivity index (χ4n) is 1.86. The van der Waals surface area contributed by atoms with Crippen molar-refractivity contribution in [3.63, 3.8) is 0 Å². The molecule has 110 valence electrons. The van der Waals surface area contributed by atoms with Crippen LogP contribution in [0.5, 0.6) is 5.75 Å². The van der Waals surface area contributed by atoms with Crippen LogP contribution < -0.4 is 4.74 Å². The number of hydrogen-bond donors (Lipinski definition) is 1. The van der Waals surface area contributed by atoms with Gasteiger partial charge in [0.25, 0.3) is 0 Å². The van der Waals surface area contributed by atoms with Gasteiger partial charge < -0.3 is 14.7 Å². The maximum absolute atomic E-state index is 9.01. The van der Waals surface area contributed by atoms with E-state index >= 15 is 0 Å². The molecule has 2 aromatic carbocycles. The first-order chi connectivity index (χ1) is 10.2. The topological polar surface area (TPSA) is 51.0 Å². The van der Waals surface area contributed by atoms with Crippen LogP contribution in [0.25, 0.3) is 0 Å². The Bertz CT molecular complexity index is 588. The van der Waals surface area contributed by atoms with Crippen LogP contribution in [0.3, 0.4) is 0 Å². The molecule has 0 aromatic heterocycles. The lowest BCUT2D eigenvalue weighted by Gasteiger charge is -2.09. The first-order valence-electron chi connectivity index (χ1n) is 6.72. The van der Waals surface area contributed by atoms with E-state index in [4.69, 9.17) is 14.7 Å². The first kappa shape index (κ1) is 15.1. The Hall–Kier alpha value is -2.33.